The molecular weight excluding hydrogens is 360 g/mol. The Morgan fingerprint density at radius 1 is 0.963 bits per heavy atom. The van der Waals surface area contributed by atoms with Crippen LogP contribution in [0.2, 0.25) is 0 Å². The van der Waals surface area contributed by atoms with Gasteiger partial charge in [-0.15, -0.1) is 0 Å². The van der Waals surface area contributed by atoms with Crippen molar-refractivity contribution < 1.29 is 13.2 Å². The van der Waals surface area contributed by atoms with Gasteiger partial charge in [0.15, 0.2) is 0 Å². The zero-order valence-corrected chi connectivity index (χ0v) is 16.1. The van der Waals surface area contributed by atoms with E-state index >= 15 is 0 Å². The maximum atomic E-state index is 12.6. The van der Waals surface area contributed by atoms with Gasteiger partial charge in [0, 0.05) is 5.39 Å². The van der Waals surface area contributed by atoms with Gasteiger partial charge in [-0.25, -0.2) is 8.42 Å². The van der Waals surface area contributed by atoms with Crippen LogP contribution in [-0.2, 0) is 14.8 Å². The number of benzene rings is 3. The lowest BCUT2D eigenvalue weighted by atomic mass is 10.1. The van der Waals surface area contributed by atoms with Crippen LogP contribution < -0.4 is 9.62 Å². The van der Waals surface area contributed by atoms with E-state index in [1.54, 1.807) is 12.1 Å². The smallest absolute Gasteiger partial charge is 0.241 e. The second-order valence-corrected chi connectivity index (χ2v) is 8.37. The number of carbonyl (C=O) groups is 1. The minimum absolute atomic E-state index is 0.215. The maximum Gasteiger partial charge on any atom is 0.241 e. The van der Waals surface area contributed by atoms with E-state index in [-0.39, 0.29) is 18.5 Å². The van der Waals surface area contributed by atoms with Gasteiger partial charge >= 0.3 is 0 Å². The summed E-state index contributed by atoms with van der Waals surface area (Å²) in [5, 5.41) is 4.58. The molecule has 1 amide bonds. The molecule has 0 aromatic heterocycles. The van der Waals surface area contributed by atoms with Crippen LogP contribution in [0.3, 0.4) is 0 Å². The molecule has 1 unspecified atom stereocenters. The first kappa shape index (κ1) is 18.9. The molecule has 0 aliphatic heterocycles. The third-order valence-corrected chi connectivity index (χ3v) is 5.53. The average molecular weight is 382 g/mol. The highest BCUT2D eigenvalue weighted by Crippen LogP contribution is 2.28. The Labute approximate surface area is 159 Å². The van der Waals surface area contributed by atoms with E-state index in [2.05, 4.69) is 5.32 Å². The number of fused-ring (bicyclic) bond motifs is 1. The number of rotatable bonds is 6. The van der Waals surface area contributed by atoms with Gasteiger partial charge in [-0.1, -0.05) is 66.7 Å². The maximum absolute atomic E-state index is 12.6. The standard InChI is InChI=1S/C21H22N2O3S/c1-16(17-9-4-3-5-10-17)22-21(24)15-23(27(2,25)26)20-14-8-12-18-11-6-7-13-19(18)20/h3-14,16H,15H2,1-2H3,(H,22,24). The van der Waals surface area contributed by atoms with Crippen molar-refractivity contribution in [3.05, 3.63) is 78.4 Å². The van der Waals surface area contributed by atoms with Gasteiger partial charge in [0.05, 0.1) is 18.0 Å². The number of hydrogen-bond donors (Lipinski definition) is 1. The number of anilines is 1. The SMILES string of the molecule is CC(NC(=O)CN(c1cccc2ccccc12)S(C)(=O)=O)c1ccccc1. The van der Waals surface area contributed by atoms with Crippen LogP contribution in [0.1, 0.15) is 18.5 Å². The highest BCUT2D eigenvalue weighted by atomic mass is 32.2. The Bertz CT molecular complexity index is 1040. The molecule has 3 aromatic rings. The molecule has 6 heteroatoms. The first-order valence-corrected chi connectivity index (χ1v) is 10.5. The fourth-order valence-corrected chi connectivity index (χ4v) is 3.92. The number of amides is 1. The van der Waals surface area contributed by atoms with Gasteiger partial charge in [0.1, 0.15) is 6.54 Å². The van der Waals surface area contributed by atoms with Crippen LogP contribution in [0, 0.1) is 0 Å². The molecular formula is C21H22N2O3S. The lowest BCUT2D eigenvalue weighted by molar-refractivity contribution is -0.120. The molecule has 0 aliphatic carbocycles. The molecule has 0 heterocycles. The first-order chi connectivity index (χ1) is 12.9. The summed E-state index contributed by atoms with van der Waals surface area (Å²) >= 11 is 0. The topological polar surface area (TPSA) is 66.5 Å². The highest BCUT2D eigenvalue weighted by Gasteiger charge is 2.23. The number of hydrogen-bond acceptors (Lipinski definition) is 3. The van der Waals surface area contributed by atoms with E-state index in [4.69, 9.17) is 0 Å². The van der Waals surface area contributed by atoms with Crippen LogP contribution in [0.5, 0.6) is 0 Å². The van der Waals surface area contributed by atoms with E-state index in [9.17, 15) is 13.2 Å². The van der Waals surface area contributed by atoms with Crippen molar-refractivity contribution in [2.45, 2.75) is 13.0 Å². The average Bonchev–Trinajstić information content (AvgIpc) is 2.65. The summed E-state index contributed by atoms with van der Waals surface area (Å²) in [5.41, 5.74) is 1.46. The summed E-state index contributed by atoms with van der Waals surface area (Å²) < 4.78 is 26.0. The van der Waals surface area contributed by atoms with E-state index < -0.39 is 10.0 Å². The number of carbonyl (C=O) groups excluding carboxylic acids is 1. The van der Waals surface area contributed by atoms with E-state index in [0.29, 0.717) is 5.69 Å². The monoisotopic (exact) mass is 382 g/mol. The minimum Gasteiger partial charge on any atom is -0.348 e. The van der Waals surface area contributed by atoms with Gasteiger partial charge in [0.25, 0.3) is 0 Å². The minimum atomic E-state index is -3.63. The molecule has 0 bridgehead atoms. The summed E-state index contributed by atoms with van der Waals surface area (Å²) in [5.74, 6) is -0.357. The molecule has 140 valence electrons. The van der Waals surface area contributed by atoms with E-state index in [0.717, 1.165) is 26.9 Å². The Morgan fingerprint density at radius 3 is 2.30 bits per heavy atom. The third kappa shape index (κ3) is 4.46. The predicted octanol–water partition coefficient (Wildman–Crippen LogP) is 3.48. The third-order valence-electron chi connectivity index (χ3n) is 4.40. The Hall–Kier alpha value is -2.86. The van der Waals surface area contributed by atoms with Gasteiger partial charge < -0.3 is 5.32 Å². The number of nitrogens with zero attached hydrogens (tertiary/aromatic N) is 1. The first-order valence-electron chi connectivity index (χ1n) is 8.66. The van der Waals surface area contributed by atoms with Gasteiger partial charge in [-0.2, -0.15) is 0 Å². The second kappa shape index (κ2) is 7.80. The van der Waals surface area contributed by atoms with E-state index in [1.807, 2.05) is 67.6 Å². The molecule has 0 saturated heterocycles. The zero-order valence-electron chi connectivity index (χ0n) is 15.3. The Balaban J connectivity index is 1.87. The molecule has 0 fully saturated rings. The molecule has 3 rings (SSSR count). The van der Waals surface area contributed by atoms with Crippen LogP contribution in [0.4, 0.5) is 5.69 Å². The molecule has 1 N–H and O–H groups in total. The normalized spacial score (nSPS) is 12.5. The van der Waals surface area contributed by atoms with Crippen molar-refractivity contribution in [2.24, 2.45) is 0 Å². The lowest BCUT2D eigenvalue weighted by Gasteiger charge is -2.24. The van der Waals surface area contributed by atoms with Crippen molar-refractivity contribution in [2.75, 3.05) is 17.1 Å². The second-order valence-electron chi connectivity index (χ2n) is 6.47. The van der Waals surface area contributed by atoms with Crippen LogP contribution in [0.25, 0.3) is 10.8 Å². The van der Waals surface area contributed by atoms with Gasteiger partial charge in [-0.3, -0.25) is 9.10 Å². The van der Waals surface area contributed by atoms with Crippen molar-refractivity contribution in [3.63, 3.8) is 0 Å². The highest BCUT2D eigenvalue weighted by molar-refractivity contribution is 7.92. The number of nitrogens with one attached hydrogen (secondary N) is 1. The predicted molar refractivity (Wildman–Crippen MR) is 109 cm³/mol. The lowest BCUT2D eigenvalue weighted by Crippen LogP contribution is -2.41. The van der Waals surface area contributed by atoms with Crippen LogP contribution >= 0.6 is 0 Å². The summed E-state index contributed by atoms with van der Waals surface area (Å²) in [4.78, 5) is 12.6. The molecule has 27 heavy (non-hydrogen) atoms. The van der Waals surface area contributed by atoms with Crippen LogP contribution in [0.15, 0.2) is 72.8 Å². The summed E-state index contributed by atoms with van der Waals surface area (Å²) in [7, 11) is -3.63. The summed E-state index contributed by atoms with van der Waals surface area (Å²) in [6.45, 7) is 1.60. The molecule has 0 saturated carbocycles. The Kier molecular flexibility index (Phi) is 5.46. The molecule has 1 atom stereocenters. The van der Waals surface area contributed by atoms with Crippen molar-refractivity contribution in [1.82, 2.24) is 5.32 Å². The van der Waals surface area contributed by atoms with Crippen molar-refractivity contribution in [1.29, 1.82) is 0 Å². The quantitative estimate of drug-likeness (QED) is 0.710. The summed E-state index contributed by atoms with van der Waals surface area (Å²) in [6.07, 6.45) is 1.11. The molecule has 0 radical (unpaired) electrons. The van der Waals surface area contributed by atoms with Gasteiger partial charge in [-0.05, 0) is 23.9 Å². The number of sulfonamides is 1. The van der Waals surface area contributed by atoms with Gasteiger partial charge in [0.2, 0.25) is 15.9 Å². The fourth-order valence-electron chi connectivity index (χ4n) is 3.05. The fraction of sp³-hybridized carbons (Fsp3) is 0.190. The van der Waals surface area contributed by atoms with Crippen LogP contribution in [-0.4, -0.2) is 27.1 Å². The molecule has 5 nitrogen and oxygen atoms in total. The molecule has 0 aliphatic rings. The molecule has 3 aromatic carbocycles. The zero-order chi connectivity index (χ0) is 19.4. The van der Waals surface area contributed by atoms with E-state index in [1.165, 1.54) is 0 Å². The largest absolute Gasteiger partial charge is 0.348 e. The summed E-state index contributed by atoms with van der Waals surface area (Å²) in [6, 6.07) is 22.3. The van der Waals surface area contributed by atoms with Crippen molar-refractivity contribution >= 4 is 32.4 Å². The molecule has 0 spiro atoms. The van der Waals surface area contributed by atoms with Crippen molar-refractivity contribution in [3.8, 4) is 0 Å². The Morgan fingerprint density at radius 2 is 1.59 bits per heavy atom.